The van der Waals surface area contributed by atoms with Gasteiger partial charge in [-0.05, 0) is 29.3 Å². The summed E-state index contributed by atoms with van der Waals surface area (Å²) in [6, 6.07) is 3.93. The van der Waals surface area contributed by atoms with Crippen LogP contribution in [0.15, 0.2) is 22.4 Å². The second-order valence-electron chi connectivity index (χ2n) is 2.98. The lowest BCUT2D eigenvalue weighted by Gasteiger charge is -2.03. The molecule has 2 rings (SSSR count). The van der Waals surface area contributed by atoms with E-state index in [1.54, 1.807) is 23.1 Å². The number of anilines is 1. The molecule has 4 heteroatoms. The Bertz CT molecular complexity index is 464. The van der Waals surface area contributed by atoms with E-state index in [-0.39, 0.29) is 6.61 Å². The summed E-state index contributed by atoms with van der Waals surface area (Å²) < 4.78 is 1.18. The molecule has 0 atom stereocenters. The van der Waals surface area contributed by atoms with Crippen LogP contribution in [-0.4, -0.2) is 11.4 Å². The Labute approximate surface area is 90.7 Å². The number of thiophene rings is 1. The van der Waals surface area contributed by atoms with Crippen molar-refractivity contribution < 1.29 is 5.11 Å². The van der Waals surface area contributed by atoms with Gasteiger partial charge in [-0.2, -0.15) is 0 Å². The minimum absolute atomic E-state index is 0.0576. The number of nitrogens with two attached hydrogens (primary N) is 1. The van der Waals surface area contributed by atoms with Gasteiger partial charge in [-0.1, -0.05) is 0 Å². The summed E-state index contributed by atoms with van der Waals surface area (Å²) in [6.45, 7) is 0.0576. The lowest BCUT2D eigenvalue weighted by Crippen LogP contribution is -1.89. The maximum Gasteiger partial charge on any atom is 0.0696 e. The van der Waals surface area contributed by atoms with Gasteiger partial charge in [0.2, 0.25) is 0 Å². The van der Waals surface area contributed by atoms with E-state index < -0.39 is 0 Å². The van der Waals surface area contributed by atoms with Gasteiger partial charge in [0.25, 0.3) is 0 Å². The molecule has 0 saturated heterocycles. The van der Waals surface area contributed by atoms with Crippen molar-refractivity contribution in [3.05, 3.63) is 23.1 Å². The average molecular weight is 225 g/mol. The second-order valence-corrected chi connectivity index (χ2v) is 4.71. The number of aliphatic hydroxyl groups is 1. The van der Waals surface area contributed by atoms with Crippen LogP contribution in [0.2, 0.25) is 0 Å². The molecule has 0 aliphatic rings. The molecule has 3 N–H and O–H groups in total. The zero-order chi connectivity index (χ0) is 10.1. The topological polar surface area (TPSA) is 46.2 Å². The predicted molar refractivity (Wildman–Crippen MR) is 63.9 cm³/mol. The van der Waals surface area contributed by atoms with E-state index in [2.05, 4.69) is 0 Å². The van der Waals surface area contributed by atoms with E-state index in [0.29, 0.717) is 0 Å². The van der Waals surface area contributed by atoms with E-state index in [0.717, 1.165) is 16.6 Å². The van der Waals surface area contributed by atoms with Crippen LogP contribution in [-0.2, 0) is 6.61 Å². The summed E-state index contributed by atoms with van der Waals surface area (Å²) in [4.78, 5) is 1.22. The van der Waals surface area contributed by atoms with Gasteiger partial charge in [0, 0.05) is 16.0 Å². The molecule has 0 fully saturated rings. The molecule has 0 aliphatic carbocycles. The second kappa shape index (κ2) is 3.81. The summed E-state index contributed by atoms with van der Waals surface area (Å²) in [6.07, 6.45) is 2.04. The van der Waals surface area contributed by atoms with Crippen molar-refractivity contribution in [3.63, 3.8) is 0 Å². The number of hydrogen-bond donors (Lipinski definition) is 2. The van der Waals surface area contributed by atoms with E-state index in [1.165, 1.54) is 9.60 Å². The van der Waals surface area contributed by atoms with Crippen LogP contribution in [0.25, 0.3) is 10.1 Å². The lowest BCUT2D eigenvalue weighted by molar-refractivity contribution is 0.284. The van der Waals surface area contributed by atoms with Crippen LogP contribution in [0.4, 0.5) is 5.69 Å². The third kappa shape index (κ3) is 1.39. The predicted octanol–water partition coefficient (Wildman–Crippen LogP) is 2.70. The van der Waals surface area contributed by atoms with Gasteiger partial charge in [0.1, 0.15) is 0 Å². The molecule has 1 heterocycles. The van der Waals surface area contributed by atoms with Gasteiger partial charge in [-0.15, -0.1) is 23.1 Å². The highest BCUT2D eigenvalue weighted by Crippen LogP contribution is 2.37. The monoisotopic (exact) mass is 225 g/mol. The fourth-order valence-corrected chi connectivity index (χ4v) is 3.38. The fourth-order valence-electron chi connectivity index (χ4n) is 1.49. The molecular formula is C10H11NOS2. The molecule has 1 aromatic carbocycles. The Morgan fingerprint density at radius 3 is 2.93 bits per heavy atom. The van der Waals surface area contributed by atoms with E-state index in [1.807, 2.05) is 23.8 Å². The van der Waals surface area contributed by atoms with Crippen molar-refractivity contribution in [2.24, 2.45) is 0 Å². The molecule has 2 aromatic rings. The van der Waals surface area contributed by atoms with Crippen LogP contribution < -0.4 is 5.73 Å². The Morgan fingerprint density at radius 1 is 1.50 bits per heavy atom. The first-order valence-electron chi connectivity index (χ1n) is 4.21. The van der Waals surface area contributed by atoms with Crippen LogP contribution >= 0.6 is 23.1 Å². The van der Waals surface area contributed by atoms with E-state index in [4.69, 9.17) is 10.8 Å². The maximum atomic E-state index is 9.16. The van der Waals surface area contributed by atoms with Gasteiger partial charge in [0.05, 0.1) is 11.3 Å². The summed E-state index contributed by atoms with van der Waals surface area (Å²) >= 11 is 3.35. The molecule has 2 nitrogen and oxygen atoms in total. The largest absolute Gasteiger partial charge is 0.398 e. The molecule has 0 radical (unpaired) electrons. The summed E-state index contributed by atoms with van der Waals surface area (Å²) in [5, 5.41) is 12.1. The van der Waals surface area contributed by atoms with Crippen molar-refractivity contribution in [2.45, 2.75) is 11.5 Å². The third-order valence-electron chi connectivity index (χ3n) is 2.18. The number of hydrogen-bond acceptors (Lipinski definition) is 4. The van der Waals surface area contributed by atoms with Crippen molar-refractivity contribution in [1.29, 1.82) is 0 Å². The van der Waals surface area contributed by atoms with Gasteiger partial charge in [-0.25, -0.2) is 0 Å². The minimum atomic E-state index is 0.0576. The number of rotatable bonds is 2. The first kappa shape index (κ1) is 9.83. The first-order chi connectivity index (χ1) is 6.77. The number of benzene rings is 1. The molecule has 0 saturated carbocycles. The van der Waals surface area contributed by atoms with Crippen molar-refractivity contribution in [1.82, 2.24) is 0 Å². The smallest absolute Gasteiger partial charge is 0.0696 e. The SMILES string of the molecule is CSc1ccc(N)c2c(CO)csc12. The zero-order valence-electron chi connectivity index (χ0n) is 7.78. The Morgan fingerprint density at radius 2 is 2.29 bits per heavy atom. The number of thioether (sulfide) groups is 1. The molecular weight excluding hydrogens is 214 g/mol. The molecule has 0 unspecified atom stereocenters. The third-order valence-corrected chi connectivity index (χ3v) is 4.16. The Hall–Kier alpha value is -0.710. The fraction of sp³-hybridized carbons (Fsp3) is 0.200. The van der Waals surface area contributed by atoms with Crippen LogP contribution in [0.3, 0.4) is 0 Å². The molecule has 1 aromatic heterocycles. The Kier molecular flexibility index (Phi) is 2.67. The van der Waals surface area contributed by atoms with Crippen LogP contribution in [0, 0.1) is 0 Å². The van der Waals surface area contributed by atoms with Crippen molar-refractivity contribution in [2.75, 3.05) is 12.0 Å². The van der Waals surface area contributed by atoms with Gasteiger partial charge >= 0.3 is 0 Å². The van der Waals surface area contributed by atoms with Crippen LogP contribution in [0.5, 0.6) is 0 Å². The Balaban J connectivity index is 2.80. The van der Waals surface area contributed by atoms with Crippen LogP contribution in [0.1, 0.15) is 5.56 Å². The molecule has 0 bridgehead atoms. The lowest BCUT2D eigenvalue weighted by atomic mass is 10.1. The normalized spacial score (nSPS) is 11.0. The summed E-state index contributed by atoms with van der Waals surface area (Å²) in [5.74, 6) is 0. The van der Waals surface area contributed by atoms with Crippen molar-refractivity contribution >= 4 is 38.9 Å². The molecule has 14 heavy (non-hydrogen) atoms. The average Bonchev–Trinajstić information content (AvgIpc) is 2.63. The molecule has 0 spiro atoms. The van der Waals surface area contributed by atoms with Gasteiger partial charge < -0.3 is 10.8 Å². The zero-order valence-corrected chi connectivity index (χ0v) is 9.41. The van der Waals surface area contributed by atoms with Crippen molar-refractivity contribution in [3.8, 4) is 0 Å². The van der Waals surface area contributed by atoms with Gasteiger partial charge in [0.15, 0.2) is 0 Å². The first-order valence-corrected chi connectivity index (χ1v) is 6.31. The minimum Gasteiger partial charge on any atom is -0.398 e. The standard InChI is InChI=1S/C10H11NOS2/c1-13-8-3-2-7(11)9-6(4-12)5-14-10(8)9/h2-3,5,12H,4,11H2,1H3. The molecule has 0 aliphatic heterocycles. The maximum absolute atomic E-state index is 9.16. The number of nitrogen functional groups attached to an aromatic ring is 1. The number of fused-ring (bicyclic) bond motifs is 1. The molecule has 74 valence electrons. The summed E-state index contributed by atoms with van der Waals surface area (Å²) in [7, 11) is 0. The highest BCUT2D eigenvalue weighted by atomic mass is 32.2. The van der Waals surface area contributed by atoms with E-state index in [9.17, 15) is 0 Å². The van der Waals surface area contributed by atoms with E-state index >= 15 is 0 Å². The number of aliphatic hydroxyl groups excluding tert-OH is 1. The summed E-state index contributed by atoms with van der Waals surface area (Å²) in [5.41, 5.74) is 7.57. The quantitative estimate of drug-likeness (QED) is 0.610. The van der Waals surface area contributed by atoms with Gasteiger partial charge in [-0.3, -0.25) is 0 Å². The highest BCUT2D eigenvalue weighted by Gasteiger charge is 2.09. The highest BCUT2D eigenvalue weighted by molar-refractivity contribution is 7.99. The molecule has 0 amide bonds.